The van der Waals surface area contributed by atoms with E-state index < -0.39 is 11.6 Å². The van der Waals surface area contributed by atoms with Crippen LogP contribution in [-0.4, -0.2) is 53.2 Å². The Labute approximate surface area is 136 Å². The molecule has 1 aromatic carbocycles. The Morgan fingerprint density at radius 1 is 1.13 bits per heavy atom. The standard InChI is InChI=1S/C18H26F2N2O/c19-17-7-3-4-14(18(17)20)12-21-9-10-22(15-5-1-2-6-15)16(13-21)8-11-23/h3-4,7,15-16,23H,1-2,5-6,8-13H2/t16-/m1/s1. The predicted octanol–water partition coefficient (Wildman–Crippen LogP) is 2.78. The zero-order valence-electron chi connectivity index (χ0n) is 13.6. The van der Waals surface area contributed by atoms with Gasteiger partial charge in [-0.3, -0.25) is 9.80 Å². The van der Waals surface area contributed by atoms with Crippen molar-refractivity contribution in [3.63, 3.8) is 0 Å². The lowest BCUT2D eigenvalue weighted by Gasteiger charge is -2.44. The minimum atomic E-state index is -0.779. The summed E-state index contributed by atoms with van der Waals surface area (Å²) in [6.45, 7) is 3.24. The number of nitrogens with zero attached hydrogens (tertiary/aromatic N) is 2. The summed E-state index contributed by atoms with van der Waals surface area (Å²) in [5.74, 6) is -1.51. The van der Waals surface area contributed by atoms with Crippen LogP contribution in [0.3, 0.4) is 0 Å². The second kappa shape index (κ2) is 7.69. The van der Waals surface area contributed by atoms with Crippen LogP contribution >= 0.6 is 0 Å². The maximum atomic E-state index is 13.9. The molecule has 1 heterocycles. The molecule has 1 atom stereocenters. The van der Waals surface area contributed by atoms with E-state index in [4.69, 9.17) is 0 Å². The van der Waals surface area contributed by atoms with E-state index in [2.05, 4.69) is 9.80 Å². The number of aliphatic hydroxyl groups is 1. The van der Waals surface area contributed by atoms with Gasteiger partial charge < -0.3 is 5.11 Å². The van der Waals surface area contributed by atoms with Crippen LogP contribution in [0.2, 0.25) is 0 Å². The third kappa shape index (κ3) is 3.90. The van der Waals surface area contributed by atoms with Crippen molar-refractivity contribution in [3.8, 4) is 0 Å². The number of piperazine rings is 1. The summed E-state index contributed by atoms with van der Waals surface area (Å²) >= 11 is 0. The third-order valence-electron chi connectivity index (χ3n) is 5.29. The lowest BCUT2D eigenvalue weighted by atomic mass is 10.0. The highest BCUT2D eigenvalue weighted by Gasteiger charge is 2.33. The predicted molar refractivity (Wildman–Crippen MR) is 86.1 cm³/mol. The molecule has 0 aromatic heterocycles. The third-order valence-corrected chi connectivity index (χ3v) is 5.29. The highest BCUT2D eigenvalue weighted by atomic mass is 19.2. The average molecular weight is 324 g/mol. The Morgan fingerprint density at radius 3 is 2.65 bits per heavy atom. The summed E-state index contributed by atoms with van der Waals surface area (Å²) in [6.07, 6.45) is 5.84. The maximum Gasteiger partial charge on any atom is 0.163 e. The van der Waals surface area contributed by atoms with Gasteiger partial charge in [-0.2, -0.15) is 0 Å². The lowest BCUT2D eigenvalue weighted by Crippen LogP contribution is -2.56. The largest absolute Gasteiger partial charge is 0.396 e. The molecule has 0 radical (unpaired) electrons. The molecule has 1 saturated carbocycles. The van der Waals surface area contributed by atoms with Crippen LogP contribution in [0.1, 0.15) is 37.7 Å². The summed E-state index contributed by atoms with van der Waals surface area (Å²) in [5.41, 5.74) is 0.419. The van der Waals surface area contributed by atoms with Gasteiger partial charge in [-0.15, -0.1) is 0 Å². The molecule has 2 fully saturated rings. The van der Waals surface area contributed by atoms with Crippen LogP contribution in [0.15, 0.2) is 18.2 Å². The molecule has 3 rings (SSSR count). The van der Waals surface area contributed by atoms with Crippen LogP contribution < -0.4 is 0 Å². The summed E-state index contributed by atoms with van der Waals surface area (Å²) < 4.78 is 27.2. The van der Waals surface area contributed by atoms with E-state index >= 15 is 0 Å². The average Bonchev–Trinajstić information content (AvgIpc) is 3.07. The second-order valence-electron chi connectivity index (χ2n) is 6.79. The summed E-state index contributed by atoms with van der Waals surface area (Å²) in [4.78, 5) is 4.73. The van der Waals surface area contributed by atoms with Gasteiger partial charge in [0, 0.05) is 50.4 Å². The molecule has 3 nitrogen and oxygen atoms in total. The molecule has 5 heteroatoms. The van der Waals surface area contributed by atoms with Gasteiger partial charge in [-0.1, -0.05) is 25.0 Å². The topological polar surface area (TPSA) is 26.7 Å². The highest BCUT2D eigenvalue weighted by molar-refractivity contribution is 5.19. The fraction of sp³-hybridized carbons (Fsp3) is 0.667. The molecule has 1 aromatic rings. The Balaban J connectivity index is 1.65. The molecule has 0 unspecified atom stereocenters. The number of aliphatic hydroxyl groups excluding tert-OH is 1. The normalized spacial score (nSPS) is 24.4. The minimum absolute atomic E-state index is 0.177. The van der Waals surface area contributed by atoms with Crippen molar-refractivity contribution in [2.45, 2.75) is 50.7 Å². The van der Waals surface area contributed by atoms with E-state index in [0.29, 0.717) is 24.2 Å². The van der Waals surface area contributed by atoms with Gasteiger partial charge in [-0.25, -0.2) is 8.78 Å². The first-order valence-corrected chi connectivity index (χ1v) is 8.71. The highest BCUT2D eigenvalue weighted by Crippen LogP contribution is 2.28. The zero-order valence-corrected chi connectivity index (χ0v) is 13.6. The first-order valence-electron chi connectivity index (χ1n) is 8.71. The molecule has 1 saturated heterocycles. The molecule has 1 aliphatic carbocycles. The Hall–Kier alpha value is -1.04. The van der Waals surface area contributed by atoms with Gasteiger partial charge in [0.15, 0.2) is 11.6 Å². The molecule has 2 aliphatic rings. The van der Waals surface area contributed by atoms with E-state index in [1.165, 1.54) is 25.7 Å². The zero-order chi connectivity index (χ0) is 16.2. The van der Waals surface area contributed by atoms with Gasteiger partial charge in [0.05, 0.1) is 0 Å². The maximum absolute atomic E-state index is 13.9. The van der Waals surface area contributed by atoms with Crippen LogP contribution in [0.5, 0.6) is 0 Å². The van der Waals surface area contributed by atoms with Gasteiger partial charge in [0.1, 0.15) is 0 Å². The number of rotatable bonds is 5. The molecule has 0 bridgehead atoms. The number of hydrogen-bond donors (Lipinski definition) is 1. The van der Waals surface area contributed by atoms with Gasteiger partial charge >= 0.3 is 0 Å². The Bertz CT molecular complexity index is 520. The summed E-state index contributed by atoms with van der Waals surface area (Å²) in [5, 5.41) is 9.38. The smallest absolute Gasteiger partial charge is 0.163 e. The van der Waals surface area contributed by atoms with Crippen molar-refractivity contribution in [2.24, 2.45) is 0 Å². The van der Waals surface area contributed by atoms with E-state index in [-0.39, 0.29) is 6.61 Å². The lowest BCUT2D eigenvalue weighted by molar-refractivity contribution is 0.0263. The fourth-order valence-electron chi connectivity index (χ4n) is 4.11. The second-order valence-corrected chi connectivity index (χ2v) is 6.79. The first kappa shape index (κ1) is 16.8. The molecule has 0 spiro atoms. The van der Waals surface area contributed by atoms with E-state index in [1.54, 1.807) is 12.1 Å². The van der Waals surface area contributed by atoms with E-state index in [1.807, 2.05) is 0 Å². The first-order chi connectivity index (χ1) is 11.2. The van der Waals surface area contributed by atoms with E-state index in [9.17, 15) is 13.9 Å². The molecule has 1 aliphatic heterocycles. The monoisotopic (exact) mass is 324 g/mol. The number of benzene rings is 1. The van der Waals surface area contributed by atoms with Gasteiger partial charge in [-0.05, 0) is 25.3 Å². The van der Waals surface area contributed by atoms with Crippen molar-refractivity contribution in [2.75, 3.05) is 26.2 Å². The summed E-state index contributed by atoms with van der Waals surface area (Å²) in [6, 6.07) is 5.33. The van der Waals surface area contributed by atoms with Crippen LogP contribution in [0.4, 0.5) is 8.78 Å². The van der Waals surface area contributed by atoms with Crippen LogP contribution in [0, 0.1) is 11.6 Å². The van der Waals surface area contributed by atoms with Crippen molar-refractivity contribution < 1.29 is 13.9 Å². The summed E-state index contributed by atoms with van der Waals surface area (Å²) in [7, 11) is 0. The molecular formula is C18H26F2N2O. The number of hydrogen-bond acceptors (Lipinski definition) is 3. The Kier molecular flexibility index (Phi) is 5.62. The van der Waals surface area contributed by atoms with E-state index in [0.717, 1.165) is 32.1 Å². The number of halogens is 2. The molecule has 128 valence electrons. The Morgan fingerprint density at radius 2 is 1.91 bits per heavy atom. The minimum Gasteiger partial charge on any atom is -0.396 e. The molecule has 1 N–H and O–H groups in total. The van der Waals surface area contributed by atoms with Crippen molar-refractivity contribution in [1.29, 1.82) is 0 Å². The molecule has 23 heavy (non-hydrogen) atoms. The quantitative estimate of drug-likeness (QED) is 0.902. The van der Waals surface area contributed by atoms with Crippen LogP contribution in [-0.2, 0) is 6.54 Å². The van der Waals surface area contributed by atoms with Gasteiger partial charge in [0.25, 0.3) is 0 Å². The molecular weight excluding hydrogens is 298 g/mol. The van der Waals surface area contributed by atoms with Crippen molar-refractivity contribution >= 4 is 0 Å². The molecule has 0 amide bonds. The SMILES string of the molecule is OCC[C@@H]1CN(Cc2cccc(F)c2F)CCN1C1CCCC1. The van der Waals surface area contributed by atoms with Crippen LogP contribution in [0.25, 0.3) is 0 Å². The van der Waals surface area contributed by atoms with Gasteiger partial charge in [0.2, 0.25) is 0 Å². The van der Waals surface area contributed by atoms with Crippen molar-refractivity contribution in [3.05, 3.63) is 35.4 Å². The fourth-order valence-corrected chi connectivity index (χ4v) is 4.11. The van der Waals surface area contributed by atoms with Crippen molar-refractivity contribution in [1.82, 2.24) is 9.80 Å².